The van der Waals surface area contributed by atoms with Crippen LogP contribution in [0.25, 0.3) is 0 Å². The number of Topliss-reactive ketones (excluding diaryl/α,β-unsaturated/α-hetero) is 1. The third kappa shape index (κ3) is 7.41. The molecule has 3 N–H and O–H groups in total. The molecule has 0 aliphatic rings. The van der Waals surface area contributed by atoms with Crippen molar-refractivity contribution in [3.63, 3.8) is 0 Å². The average molecular weight is 506 g/mol. The van der Waals surface area contributed by atoms with E-state index in [-0.39, 0.29) is 12.8 Å². The van der Waals surface area contributed by atoms with Gasteiger partial charge in [0, 0.05) is 9.13 Å². The molecule has 10 heteroatoms. The van der Waals surface area contributed by atoms with E-state index < -0.39 is 48.7 Å². The maximum atomic E-state index is 12.6. The first-order valence-electron chi connectivity index (χ1n) is 8.44. The van der Waals surface area contributed by atoms with Gasteiger partial charge in [-0.3, -0.25) is 19.2 Å². The molecule has 154 valence electrons. The smallest absolute Gasteiger partial charge is 0.305 e. The van der Waals surface area contributed by atoms with Crippen molar-refractivity contribution in [2.24, 2.45) is 0 Å². The molecule has 1 aromatic rings. The van der Waals surface area contributed by atoms with Crippen LogP contribution in [0.1, 0.15) is 25.3 Å². The number of aliphatic carboxylic acids is 1. The molecule has 2 atom stereocenters. The zero-order valence-electron chi connectivity index (χ0n) is 15.5. The fraction of sp³-hybridized carbons (Fsp3) is 0.444. The summed E-state index contributed by atoms with van der Waals surface area (Å²) < 4.78 is 18.7. The molecule has 28 heavy (non-hydrogen) atoms. The molecule has 0 bridgehead atoms. The molecule has 0 aliphatic carbocycles. The third-order valence-corrected chi connectivity index (χ3v) is 4.54. The number of benzene rings is 1. The highest BCUT2D eigenvalue weighted by molar-refractivity contribution is 14.1. The quantitative estimate of drug-likeness (QED) is 0.389. The van der Waals surface area contributed by atoms with E-state index in [0.717, 1.165) is 3.57 Å². The standard InChI is InChI=1S/C18H22FIN2O6/c1-3-12(18(27)22-13(8-17(25)26)14(23)9-19)21-16(24)7-10-6-11(20)4-5-15(10)28-2/h4-6,12-13H,3,7-9H2,1-2H3,(H,21,24)(H,22,27)(H,25,26)/t12-,13?/m0/s1/i20-2. The molecule has 0 saturated heterocycles. The van der Waals surface area contributed by atoms with Crippen molar-refractivity contribution in [3.05, 3.63) is 27.3 Å². The molecule has 1 aromatic carbocycles. The Bertz CT molecular complexity index is 743. The molecule has 0 spiro atoms. The molecule has 1 unspecified atom stereocenters. The molecule has 0 aliphatic heterocycles. The first kappa shape index (κ1) is 23.8. The van der Waals surface area contributed by atoms with Crippen LogP contribution in [0.3, 0.4) is 0 Å². The summed E-state index contributed by atoms with van der Waals surface area (Å²) in [6, 6.07) is 2.85. The van der Waals surface area contributed by atoms with Crippen LogP contribution in [0.5, 0.6) is 5.75 Å². The van der Waals surface area contributed by atoms with E-state index >= 15 is 0 Å². The number of halogens is 2. The van der Waals surface area contributed by atoms with Gasteiger partial charge >= 0.3 is 5.97 Å². The van der Waals surface area contributed by atoms with Gasteiger partial charge < -0.3 is 20.5 Å². The number of methoxy groups -OCH3 is 1. The first-order valence-corrected chi connectivity index (χ1v) is 9.52. The van der Waals surface area contributed by atoms with Gasteiger partial charge in [-0.15, -0.1) is 0 Å². The Morgan fingerprint density at radius 2 is 1.89 bits per heavy atom. The van der Waals surface area contributed by atoms with E-state index in [0.29, 0.717) is 11.3 Å². The largest absolute Gasteiger partial charge is 0.496 e. The number of hydrogen-bond acceptors (Lipinski definition) is 5. The van der Waals surface area contributed by atoms with Crippen LogP contribution in [0.2, 0.25) is 0 Å². The zero-order chi connectivity index (χ0) is 21.3. The number of carboxylic acid groups (broad SMARTS) is 1. The number of alkyl halides is 1. The van der Waals surface area contributed by atoms with Crippen molar-refractivity contribution in [2.75, 3.05) is 13.8 Å². The van der Waals surface area contributed by atoms with Crippen molar-refractivity contribution >= 4 is 46.2 Å². The highest BCUT2D eigenvalue weighted by atomic mass is 125. The maximum Gasteiger partial charge on any atom is 0.305 e. The maximum absolute atomic E-state index is 12.6. The highest BCUT2D eigenvalue weighted by Gasteiger charge is 2.27. The Morgan fingerprint density at radius 1 is 1.21 bits per heavy atom. The molecular formula is C18H22FIN2O6. The molecule has 0 radical (unpaired) electrons. The van der Waals surface area contributed by atoms with Gasteiger partial charge in [0.25, 0.3) is 0 Å². The van der Waals surface area contributed by atoms with Crippen LogP contribution in [0, 0.1) is 3.57 Å². The summed E-state index contributed by atoms with van der Waals surface area (Å²) >= 11 is 2.10. The average Bonchev–Trinajstić information content (AvgIpc) is 2.64. The van der Waals surface area contributed by atoms with E-state index in [1.807, 2.05) is 6.07 Å². The summed E-state index contributed by atoms with van der Waals surface area (Å²) in [4.78, 5) is 47.0. The Hall–Kier alpha value is -2.24. The van der Waals surface area contributed by atoms with Crippen molar-refractivity contribution < 1.29 is 33.4 Å². The summed E-state index contributed by atoms with van der Waals surface area (Å²) in [5, 5.41) is 13.6. The molecule has 0 fully saturated rings. The molecular weight excluding hydrogens is 484 g/mol. The fourth-order valence-corrected chi connectivity index (χ4v) is 3.00. The minimum Gasteiger partial charge on any atom is -0.496 e. The molecule has 2 amide bonds. The Labute approximate surface area is 175 Å². The van der Waals surface area contributed by atoms with E-state index in [1.165, 1.54) is 7.11 Å². The second-order valence-corrected chi connectivity index (χ2v) is 7.17. The van der Waals surface area contributed by atoms with Gasteiger partial charge in [0.05, 0.1) is 20.0 Å². The van der Waals surface area contributed by atoms with E-state index in [9.17, 15) is 23.6 Å². The second-order valence-electron chi connectivity index (χ2n) is 5.92. The number of nitrogens with one attached hydrogen (secondary N) is 2. The number of carbonyl (C=O) groups excluding carboxylic acids is 3. The van der Waals surface area contributed by atoms with Gasteiger partial charge in [0.15, 0.2) is 5.78 Å². The van der Waals surface area contributed by atoms with Crippen LogP contribution in [0.15, 0.2) is 18.2 Å². The predicted molar refractivity (Wildman–Crippen MR) is 107 cm³/mol. The number of hydrogen-bond donors (Lipinski definition) is 3. The third-order valence-electron chi connectivity index (χ3n) is 3.87. The van der Waals surface area contributed by atoms with Crippen LogP contribution >= 0.6 is 22.6 Å². The number of carbonyl (C=O) groups is 4. The fourth-order valence-electron chi connectivity index (χ4n) is 2.44. The monoisotopic (exact) mass is 506 g/mol. The van der Waals surface area contributed by atoms with Gasteiger partial charge in [-0.1, -0.05) is 6.92 Å². The summed E-state index contributed by atoms with van der Waals surface area (Å²) in [5.41, 5.74) is 0.638. The predicted octanol–water partition coefficient (Wildman–Crippen LogP) is 1.24. The van der Waals surface area contributed by atoms with Gasteiger partial charge in [-0.2, -0.15) is 0 Å². The number of carboxylic acids is 1. The lowest BCUT2D eigenvalue weighted by Crippen LogP contribution is -2.52. The number of ether oxygens (including phenoxy) is 1. The number of rotatable bonds is 11. The molecule has 8 nitrogen and oxygen atoms in total. The zero-order valence-corrected chi connectivity index (χ0v) is 17.6. The van der Waals surface area contributed by atoms with E-state index in [2.05, 4.69) is 33.2 Å². The molecule has 0 saturated carbocycles. The summed E-state index contributed by atoms with van der Waals surface area (Å²) in [6.07, 6.45) is -0.574. The lowest BCUT2D eigenvalue weighted by Gasteiger charge is -2.21. The first-order chi connectivity index (χ1) is 13.2. The Morgan fingerprint density at radius 3 is 2.43 bits per heavy atom. The van der Waals surface area contributed by atoms with Crippen LogP contribution < -0.4 is 15.4 Å². The number of amides is 2. The van der Waals surface area contributed by atoms with Gasteiger partial charge in [0.1, 0.15) is 24.5 Å². The second kappa shape index (κ2) is 11.6. The summed E-state index contributed by atoms with van der Waals surface area (Å²) in [6.45, 7) is 0.244. The van der Waals surface area contributed by atoms with Crippen molar-refractivity contribution in [3.8, 4) is 5.75 Å². The van der Waals surface area contributed by atoms with Gasteiger partial charge in [0.2, 0.25) is 11.8 Å². The minimum absolute atomic E-state index is 0.0360. The summed E-state index contributed by atoms with van der Waals surface area (Å²) in [5.74, 6) is -3.06. The SMILES string of the molecule is CC[C@H](NC(=O)Cc1cc([125I])ccc1OC)C(=O)NC(CC(=O)O)C(=O)CF. The minimum atomic E-state index is -1.49. The summed E-state index contributed by atoms with van der Waals surface area (Å²) in [7, 11) is 1.48. The van der Waals surface area contributed by atoms with Crippen LogP contribution in [0.4, 0.5) is 4.39 Å². The molecule has 0 aromatic heterocycles. The topological polar surface area (TPSA) is 122 Å². The van der Waals surface area contributed by atoms with Gasteiger partial charge in [-0.25, -0.2) is 4.39 Å². The Kier molecular flexibility index (Phi) is 9.83. The highest BCUT2D eigenvalue weighted by Crippen LogP contribution is 2.21. The number of ketones is 1. The van der Waals surface area contributed by atoms with Gasteiger partial charge in [-0.05, 0) is 47.2 Å². The molecule has 1 rings (SSSR count). The van der Waals surface area contributed by atoms with E-state index in [1.54, 1.807) is 19.1 Å². The van der Waals surface area contributed by atoms with E-state index in [4.69, 9.17) is 9.84 Å². The van der Waals surface area contributed by atoms with Crippen molar-refractivity contribution in [2.45, 2.75) is 38.3 Å². The van der Waals surface area contributed by atoms with Crippen LogP contribution in [-0.2, 0) is 25.6 Å². The van der Waals surface area contributed by atoms with Crippen LogP contribution in [-0.4, -0.2) is 54.5 Å². The molecule has 0 heterocycles. The van der Waals surface area contributed by atoms with Crippen molar-refractivity contribution in [1.29, 1.82) is 0 Å². The Balaban J connectivity index is 2.80. The normalized spacial score (nSPS) is 12.6. The van der Waals surface area contributed by atoms with Crippen molar-refractivity contribution in [1.82, 2.24) is 10.6 Å². The lowest BCUT2D eigenvalue weighted by molar-refractivity contribution is -0.140. The lowest BCUT2D eigenvalue weighted by atomic mass is 10.1.